The maximum atomic E-state index is 12.1. The van der Waals surface area contributed by atoms with Crippen molar-refractivity contribution >= 4 is 33.6 Å². The lowest BCUT2D eigenvalue weighted by molar-refractivity contribution is 0.0927. The first-order valence-electron chi connectivity index (χ1n) is 8.15. The molecule has 0 radical (unpaired) electrons. The van der Waals surface area contributed by atoms with E-state index in [-0.39, 0.29) is 5.76 Å². The summed E-state index contributed by atoms with van der Waals surface area (Å²) in [6, 6.07) is 18.5. The van der Waals surface area contributed by atoms with Crippen LogP contribution in [0.4, 0.5) is 0 Å². The van der Waals surface area contributed by atoms with Gasteiger partial charge in [0.1, 0.15) is 5.75 Å². The van der Waals surface area contributed by atoms with E-state index in [2.05, 4.69) is 26.5 Å². The average Bonchev–Trinajstić information content (AvgIpc) is 3.24. The van der Waals surface area contributed by atoms with Crippen LogP contribution in [0.1, 0.15) is 21.7 Å². The van der Waals surface area contributed by atoms with Crippen molar-refractivity contribution in [2.24, 2.45) is 5.10 Å². The van der Waals surface area contributed by atoms with Crippen LogP contribution in [0.3, 0.4) is 0 Å². The number of allylic oxidation sites excluding steroid dienone is 1. The molecule has 0 spiro atoms. The summed E-state index contributed by atoms with van der Waals surface area (Å²) in [5.74, 6) is 0.583. The topological polar surface area (TPSA) is 63.8 Å². The Morgan fingerprint density at radius 1 is 1.11 bits per heavy atom. The van der Waals surface area contributed by atoms with E-state index in [0.29, 0.717) is 5.71 Å². The van der Waals surface area contributed by atoms with Gasteiger partial charge in [-0.15, -0.1) is 0 Å². The zero-order valence-corrected chi connectivity index (χ0v) is 16.1. The van der Waals surface area contributed by atoms with Crippen molar-refractivity contribution in [2.75, 3.05) is 7.11 Å². The standard InChI is InChI=1S/C21H17BrN2O3/c1-26-18-11-4-15(5-12-18)6-13-19(16-7-9-17(22)10-8-16)23-24-21(25)20-3-2-14-27-20/h2-14H,1H3,(H,24,25)/b13-6+,23-19+. The summed E-state index contributed by atoms with van der Waals surface area (Å²) < 4.78 is 11.2. The van der Waals surface area contributed by atoms with Gasteiger partial charge in [0.25, 0.3) is 0 Å². The first-order valence-corrected chi connectivity index (χ1v) is 8.94. The van der Waals surface area contributed by atoms with Gasteiger partial charge in [0.15, 0.2) is 5.76 Å². The molecule has 0 bridgehead atoms. The number of amides is 1. The summed E-state index contributed by atoms with van der Waals surface area (Å²) in [6.45, 7) is 0. The molecule has 5 nitrogen and oxygen atoms in total. The second kappa shape index (κ2) is 9.00. The number of furan rings is 1. The highest BCUT2D eigenvalue weighted by Gasteiger charge is 2.08. The van der Waals surface area contributed by atoms with Crippen molar-refractivity contribution < 1.29 is 13.9 Å². The highest BCUT2D eigenvalue weighted by molar-refractivity contribution is 9.10. The molecule has 3 aromatic rings. The van der Waals surface area contributed by atoms with Crippen LogP contribution in [0.5, 0.6) is 5.75 Å². The number of methoxy groups -OCH3 is 1. The second-order valence-electron chi connectivity index (χ2n) is 5.53. The summed E-state index contributed by atoms with van der Waals surface area (Å²) in [5.41, 5.74) is 4.98. The van der Waals surface area contributed by atoms with E-state index in [4.69, 9.17) is 9.15 Å². The third-order valence-electron chi connectivity index (χ3n) is 3.71. The molecule has 1 heterocycles. The predicted octanol–water partition coefficient (Wildman–Crippen LogP) is 4.90. The SMILES string of the molecule is COc1ccc(/C=C/C(=N\NC(=O)c2ccco2)c2ccc(Br)cc2)cc1. The van der Waals surface area contributed by atoms with Crippen molar-refractivity contribution in [3.05, 3.63) is 94.4 Å². The maximum Gasteiger partial charge on any atom is 0.307 e. The van der Waals surface area contributed by atoms with Gasteiger partial charge >= 0.3 is 5.91 Å². The van der Waals surface area contributed by atoms with Crippen LogP contribution < -0.4 is 10.2 Å². The minimum Gasteiger partial charge on any atom is -0.497 e. The number of carbonyl (C=O) groups is 1. The van der Waals surface area contributed by atoms with Gasteiger partial charge in [-0.05, 0) is 48.0 Å². The van der Waals surface area contributed by atoms with Gasteiger partial charge in [-0.1, -0.05) is 46.3 Å². The molecule has 3 rings (SSSR count). The number of ether oxygens (including phenoxy) is 1. The molecule has 0 atom stereocenters. The summed E-state index contributed by atoms with van der Waals surface area (Å²) in [6.07, 6.45) is 5.20. The molecular weight excluding hydrogens is 408 g/mol. The van der Waals surface area contributed by atoms with Crippen LogP contribution in [0.25, 0.3) is 6.08 Å². The number of hydrogen-bond acceptors (Lipinski definition) is 4. The molecule has 0 unspecified atom stereocenters. The molecule has 2 aromatic carbocycles. The van der Waals surface area contributed by atoms with Gasteiger partial charge in [-0.25, -0.2) is 5.43 Å². The minimum atomic E-state index is -0.410. The van der Waals surface area contributed by atoms with Gasteiger partial charge < -0.3 is 9.15 Å². The lowest BCUT2D eigenvalue weighted by atomic mass is 10.1. The van der Waals surface area contributed by atoms with E-state index in [9.17, 15) is 4.79 Å². The third kappa shape index (κ3) is 5.18. The Kier molecular flexibility index (Phi) is 6.22. The van der Waals surface area contributed by atoms with Gasteiger partial charge in [0, 0.05) is 10.0 Å². The van der Waals surface area contributed by atoms with Crippen molar-refractivity contribution in [2.45, 2.75) is 0 Å². The third-order valence-corrected chi connectivity index (χ3v) is 4.24. The largest absolute Gasteiger partial charge is 0.497 e. The molecule has 0 saturated heterocycles. The Hall–Kier alpha value is -3.12. The van der Waals surface area contributed by atoms with E-state index in [0.717, 1.165) is 21.3 Å². The molecule has 0 saturated carbocycles. The molecule has 1 aromatic heterocycles. The molecule has 1 N–H and O–H groups in total. The van der Waals surface area contributed by atoms with Crippen LogP contribution in [-0.4, -0.2) is 18.7 Å². The minimum absolute atomic E-state index is 0.202. The van der Waals surface area contributed by atoms with E-state index in [1.54, 1.807) is 19.2 Å². The monoisotopic (exact) mass is 424 g/mol. The fraction of sp³-hybridized carbons (Fsp3) is 0.0476. The van der Waals surface area contributed by atoms with Gasteiger partial charge in [0.2, 0.25) is 0 Å². The molecule has 6 heteroatoms. The van der Waals surface area contributed by atoms with Gasteiger partial charge in [0.05, 0.1) is 19.1 Å². The zero-order valence-electron chi connectivity index (χ0n) is 14.6. The first-order chi connectivity index (χ1) is 13.2. The number of benzene rings is 2. The number of rotatable bonds is 6. The average molecular weight is 425 g/mol. The molecule has 0 fully saturated rings. The van der Waals surface area contributed by atoms with Crippen LogP contribution in [0, 0.1) is 0 Å². The van der Waals surface area contributed by atoms with Gasteiger partial charge in [-0.2, -0.15) is 5.10 Å². The summed E-state index contributed by atoms with van der Waals surface area (Å²) in [5, 5.41) is 4.26. The van der Waals surface area contributed by atoms with Crippen LogP contribution in [0.2, 0.25) is 0 Å². The van der Waals surface area contributed by atoms with Crippen molar-refractivity contribution in [1.29, 1.82) is 0 Å². The first kappa shape index (κ1) is 18.7. The van der Waals surface area contributed by atoms with Crippen LogP contribution >= 0.6 is 15.9 Å². The number of nitrogens with one attached hydrogen (secondary N) is 1. The smallest absolute Gasteiger partial charge is 0.307 e. The number of carbonyl (C=O) groups excluding carboxylic acids is 1. The number of hydrazone groups is 1. The Morgan fingerprint density at radius 3 is 2.48 bits per heavy atom. The molecule has 0 aliphatic carbocycles. The highest BCUT2D eigenvalue weighted by atomic mass is 79.9. The van der Waals surface area contributed by atoms with E-state index >= 15 is 0 Å². The molecule has 1 amide bonds. The van der Waals surface area contributed by atoms with E-state index in [1.165, 1.54) is 6.26 Å². The fourth-order valence-electron chi connectivity index (χ4n) is 2.28. The van der Waals surface area contributed by atoms with Crippen molar-refractivity contribution in [3.8, 4) is 5.75 Å². The Bertz CT molecular complexity index is 944. The Balaban J connectivity index is 1.84. The normalized spacial score (nSPS) is 11.6. The molecule has 0 aliphatic rings. The highest BCUT2D eigenvalue weighted by Crippen LogP contribution is 2.15. The fourth-order valence-corrected chi connectivity index (χ4v) is 2.55. The molecule has 0 aliphatic heterocycles. The van der Waals surface area contributed by atoms with Gasteiger partial charge in [-0.3, -0.25) is 4.79 Å². The Morgan fingerprint density at radius 2 is 1.85 bits per heavy atom. The molecule has 136 valence electrons. The van der Waals surface area contributed by atoms with E-state index < -0.39 is 5.91 Å². The van der Waals surface area contributed by atoms with Crippen LogP contribution in [-0.2, 0) is 0 Å². The lowest BCUT2D eigenvalue weighted by Crippen LogP contribution is -2.19. The second-order valence-corrected chi connectivity index (χ2v) is 6.44. The van der Waals surface area contributed by atoms with E-state index in [1.807, 2.05) is 60.7 Å². The number of nitrogens with zero attached hydrogens (tertiary/aromatic N) is 1. The van der Waals surface area contributed by atoms with Crippen molar-refractivity contribution in [1.82, 2.24) is 5.43 Å². The van der Waals surface area contributed by atoms with Crippen molar-refractivity contribution in [3.63, 3.8) is 0 Å². The molecular formula is C21H17BrN2O3. The summed E-state index contributed by atoms with van der Waals surface area (Å²) in [7, 11) is 1.63. The number of hydrogen-bond donors (Lipinski definition) is 1. The lowest BCUT2D eigenvalue weighted by Gasteiger charge is -2.04. The zero-order chi connectivity index (χ0) is 19.1. The number of halogens is 1. The Labute approximate surface area is 165 Å². The summed E-state index contributed by atoms with van der Waals surface area (Å²) in [4.78, 5) is 12.1. The molecule has 27 heavy (non-hydrogen) atoms. The van der Waals surface area contributed by atoms with Crippen LogP contribution in [0.15, 0.2) is 87.0 Å². The maximum absolute atomic E-state index is 12.1. The summed E-state index contributed by atoms with van der Waals surface area (Å²) >= 11 is 3.42. The quantitative estimate of drug-likeness (QED) is 0.452. The predicted molar refractivity (Wildman–Crippen MR) is 109 cm³/mol.